The molecule has 0 radical (unpaired) electrons. The summed E-state index contributed by atoms with van der Waals surface area (Å²) in [5, 5.41) is 12.1. The normalized spacial score (nSPS) is 13.0. The van der Waals surface area contributed by atoms with E-state index in [4.69, 9.17) is 14.6 Å². The highest BCUT2D eigenvalue weighted by atomic mass is 16.5. The average molecular weight is 195 g/mol. The summed E-state index contributed by atoms with van der Waals surface area (Å²) in [6, 6.07) is 3.64. The first-order valence-corrected chi connectivity index (χ1v) is 4.62. The zero-order valence-corrected chi connectivity index (χ0v) is 8.04. The van der Waals surface area contributed by atoms with Crippen molar-refractivity contribution in [1.82, 2.24) is 0 Å². The first-order valence-electron chi connectivity index (χ1n) is 4.62. The zero-order valence-electron chi connectivity index (χ0n) is 8.04. The zero-order chi connectivity index (χ0) is 9.97. The van der Waals surface area contributed by atoms with Gasteiger partial charge in [0.2, 0.25) is 0 Å². The number of fused-ring (bicyclic) bond motifs is 1. The van der Waals surface area contributed by atoms with Crippen LogP contribution in [0.25, 0.3) is 0 Å². The Morgan fingerprint density at radius 2 is 2.43 bits per heavy atom. The van der Waals surface area contributed by atoms with Crippen LogP contribution in [0.15, 0.2) is 12.1 Å². The molecule has 0 atom stereocenters. The number of ether oxygens (including phenoxy) is 2. The Morgan fingerprint density at radius 3 is 3.14 bits per heavy atom. The van der Waals surface area contributed by atoms with Crippen molar-refractivity contribution >= 4 is 5.69 Å². The highest BCUT2D eigenvalue weighted by Gasteiger charge is 2.17. The van der Waals surface area contributed by atoms with E-state index in [9.17, 15) is 0 Å². The van der Waals surface area contributed by atoms with Gasteiger partial charge in [0.15, 0.2) is 6.73 Å². The standard InChI is InChI=1S/C10H13NO3/c1-2-13-8-3-7(5-12)4-9-10(8)11-6-14-9/h3-4,11-12H,2,5-6H2,1H3. The molecule has 0 saturated carbocycles. The second-order valence-electron chi connectivity index (χ2n) is 3.02. The van der Waals surface area contributed by atoms with E-state index in [2.05, 4.69) is 5.32 Å². The fourth-order valence-electron chi connectivity index (χ4n) is 1.48. The Labute approximate surface area is 82.5 Å². The Hall–Kier alpha value is -1.42. The molecule has 0 amide bonds. The first kappa shape index (κ1) is 9.15. The quantitative estimate of drug-likeness (QED) is 0.764. The van der Waals surface area contributed by atoms with E-state index in [0.29, 0.717) is 13.3 Å². The molecule has 0 spiro atoms. The molecule has 4 nitrogen and oxygen atoms in total. The van der Waals surface area contributed by atoms with Crippen LogP contribution in [0.5, 0.6) is 11.5 Å². The summed E-state index contributed by atoms with van der Waals surface area (Å²) in [5.41, 5.74) is 1.68. The van der Waals surface area contributed by atoms with Crippen LogP contribution in [0.4, 0.5) is 5.69 Å². The molecular formula is C10H13NO3. The van der Waals surface area contributed by atoms with E-state index in [1.54, 1.807) is 0 Å². The van der Waals surface area contributed by atoms with Crippen LogP contribution in [0, 0.1) is 0 Å². The van der Waals surface area contributed by atoms with Crippen molar-refractivity contribution in [3.05, 3.63) is 17.7 Å². The summed E-state index contributed by atoms with van der Waals surface area (Å²) >= 11 is 0. The van der Waals surface area contributed by atoms with E-state index in [1.807, 2.05) is 19.1 Å². The number of anilines is 1. The molecule has 1 heterocycles. The average Bonchev–Trinajstić information content (AvgIpc) is 2.66. The number of hydrogen-bond donors (Lipinski definition) is 2. The van der Waals surface area contributed by atoms with Crippen molar-refractivity contribution in [2.24, 2.45) is 0 Å². The number of aliphatic hydroxyl groups excluding tert-OH is 1. The van der Waals surface area contributed by atoms with Crippen LogP contribution in [0.2, 0.25) is 0 Å². The summed E-state index contributed by atoms with van der Waals surface area (Å²) in [6.07, 6.45) is 0. The molecule has 2 rings (SSSR count). The van der Waals surface area contributed by atoms with E-state index >= 15 is 0 Å². The van der Waals surface area contributed by atoms with Crippen molar-refractivity contribution in [1.29, 1.82) is 0 Å². The van der Waals surface area contributed by atoms with Gasteiger partial charge in [0.05, 0.1) is 13.2 Å². The van der Waals surface area contributed by atoms with Crippen molar-refractivity contribution in [2.45, 2.75) is 13.5 Å². The molecule has 76 valence electrons. The highest BCUT2D eigenvalue weighted by Crippen LogP contribution is 2.39. The lowest BCUT2D eigenvalue weighted by molar-refractivity contribution is 0.279. The van der Waals surface area contributed by atoms with Crippen LogP contribution >= 0.6 is 0 Å². The van der Waals surface area contributed by atoms with Crippen LogP contribution in [0.1, 0.15) is 12.5 Å². The molecule has 1 aromatic rings. The van der Waals surface area contributed by atoms with E-state index in [-0.39, 0.29) is 6.61 Å². The highest BCUT2D eigenvalue weighted by molar-refractivity contribution is 5.69. The van der Waals surface area contributed by atoms with Crippen LogP contribution < -0.4 is 14.8 Å². The molecule has 0 aliphatic carbocycles. The fourth-order valence-corrected chi connectivity index (χ4v) is 1.48. The second-order valence-corrected chi connectivity index (χ2v) is 3.02. The molecule has 0 unspecified atom stereocenters. The number of aliphatic hydroxyl groups is 1. The Balaban J connectivity index is 2.41. The first-order chi connectivity index (χ1) is 6.85. The molecule has 0 bridgehead atoms. The smallest absolute Gasteiger partial charge is 0.159 e. The molecule has 1 aromatic carbocycles. The van der Waals surface area contributed by atoms with E-state index in [0.717, 1.165) is 22.7 Å². The van der Waals surface area contributed by atoms with Crippen molar-refractivity contribution < 1.29 is 14.6 Å². The summed E-state index contributed by atoms with van der Waals surface area (Å²) in [6.45, 7) is 2.98. The largest absolute Gasteiger partial charge is 0.492 e. The van der Waals surface area contributed by atoms with Gasteiger partial charge < -0.3 is 19.9 Å². The minimum absolute atomic E-state index is 0.00326. The summed E-state index contributed by atoms with van der Waals surface area (Å²) in [4.78, 5) is 0. The van der Waals surface area contributed by atoms with Gasteiger partial charge in [-0.05, 0) is 24.6 Å². The molecule has 0 fully saturated rings. The molecule has 14 heavy (non-hydrogen) atoms. The van der Waals surface area contributed by atoms with Gasteiger partial charge in [0.1, 0.15) is 17.2 Å². The van der Waals surface area contributed by atoms with Gasteiger partial charge in [0.25, 0.3) is 0 Å². The molecule has 1 aliphatic heterocycles. The molecule has 1 aliphatic rings. The monoisotopic (exact) mass is 195 g/mol. The SMILES string of the molecule is CCOc1cc(CO)cc2c1NCO2. The minimum atomic E-state index is -0.00326. The maximum absolute atomic E-state index is 9.03. The Morgan fingerprint density at radius 1 is 1.57 bits per heavy atom. The third kappa shape index (κ3) is 1.48. The number of benzene rings is 1. The second kappa shape index (κ2) is 3.75. The molecule has 0 aromatic heterocycles. The van der Waals surface area contributed by atoms with Crippen LogP contribution in [-0.4, -0.2) is 18.4 Å². The third-order valence-electron chi connectivity index (χ3n) is 2.08. The lowest BCUT2D eigenvalue weighted by atomic mass is 10.2. The van der Waals surface area contributed by atoms with Gasteiger partial charge in [-0.1, -0.05) is 0 Å². The number of hydrogen-bond acceptors (Lipinski definition) is 4. The number of rotatable bonds is 3. The fraction of sp³-hybridized carbons (Fsp3) is 0.400. The van der Waals surface area contributed by atoms with Crippen LogP contribution in [0.3, 0.4) is 0 Å². The molecule has 4 heteroatoms. The lowest BCUT2D eigenvalue weighted by Gasteiger charge is -2.09. The van der Waals surface area contributed by atoms with Crippen molar-refractivity contribution in [2.75, 3.05) is 18.7 Å². The summed E-state index contributed by atoms with van der Waals surface area (Å²) < 4.78 is 10.8. The maximum Gasteiger partial charge on any atom is 0.159 e. The van der Waals surface area contributed by atoms with E-state index in [1.165, 1.54) is 0 Å². The predicted octanol–water partition coefficient (Wildman–Crippen LogP) is 1.34. The van der Waals surface area contributed by atoms with Gasteiger partial charge in [0, 0.05) is 0 Å². The lowest BCUT2D eigenvalue weighted by Crippen LogP contribution is -1.99. The van der Waals surface area contributed by atoms with Crippen molar-refractivity contribution in [3.8, 4) is 11.5 Å². The minimum Gasteiger partial charge on any atom is -0.492 e. The molecule has 0 saturated heterocycles. The molecular weight excluding hydrogens is 182 g/mol. The third-order valence-corrected chi connectivity index (χ3v) is 2.08. The Bertz CT molecular complexity index is 338. The van der Waals surface area contributed by atoms with Gasteiger partial charge in [-0.15, -0.1) is 0 Å². The van der Waals surface area contributed by atoms with Crippen molar-refractivity contribution in [3.63, 3.8) is 0 Å². The summed E-state index contributed by atoms with van der Waals surface area (Å²) in [5.74, 6) is 1.49. The van der Waals surface area contributed by atoms with Crippen LogP contribution in [-0.2, 0) is 6.61 Å². The van der Waals surface area contributed by atoms with Gasteiger partial charge in [-0.3, -0.25) is 0 Å². The predicted molar refractivity (Wildman–Crippen MR) is 52.7 cm³/mol. The topological polar surface area (TPSA) is 50.7 Å². The van der Waals surface area contributed by atoms with Gasteiger partial charge in [-0.2, -0.15) is 0 Å². The number of nitrogens with one attached hydrogen (secondary N) is 1. The van der Waals surface area contributed by atoms with E-state index < -0.39 is 0 Å². The maximum atomic E-state index is 9.03. The van der Waals surface area contributed by atoms with Gasteiger partial charge in [-0.25, -0.2) is 0 Å². The Kier molecular flexibility index (Phi) is 2.45. The molecule has 2 N–H and O–H groups in total. The van der Waals surface area contributed by atoms with Gasteiger partial charge >= 0.3 is 0 Å². The summed E-state index contributed by atoms with van der Waals surface area (Å²) in [7, 11) is 0.